The fourth-order valence-electron chi connectivity index (χ4n) is 1.52. The largest absolute Gasteiger partial charge is 0.480 e. The fraction of sp³-hybridized carbons (Fsp3) is 0.385. The van der Waals surface area contributed by atoms with Crippen molar-refractivity contribution in [1.82, 2.24) is 4.98 Å². The smallest absolute Gasteiger partial charge is 0.326 e. The van der Waals surface area contributed by atoms with Crippen LogP contribution >= 0.6 is 22.7 Å². The molecule has 0 spiro atoms. The van der Waals surface area contributed by atoms with Gasteiger partial charge in [0.15, 0.2) is 0 Å². The minimum Gasteiger partial charge on any atom is -0.480 e. The molecule has 0 aliphatic carbocycles. The Labute approximate surface area is 119 Å². The molecule has 2 aromatic rings. The molecular weight excluding hydrogens is 280 g/mol. The number of thiazole rings is 1. The van der Waals surface area contributed by atoms with Crippen LogP contribution in [0.2, 0.25) is 0 Å². The van der Waals surface area contributed by atoms with Gasteiger partial charge in [0.25, 0.3) is 0 Å². The number of nitrogens with zero attached hydrogens (tertiary/aromatic N) is 1. The first-order valence-corrected chi connectivity index (χ1v) is 7.53. The molecule has 2 rings (SSSR count). The van der Waals surface area contributed by atoms with E-state index in [1.807, 2.05) is 6.07 Å². The molecule has 2 aromatic heterocycles. The molecule has 6 heteroatoms. The number of hydrogen-bond acceptors (Lipinski definition) is 5. The van der Waals surface area contributed by atoms with Crippen LogP contribution in [0.25, 0.3) is 9.88 Å². The first kappa shape index (κ1) is 14.2. The Morgan fingerprint density at radius 1 is 1.42 bits per heavy atom. The van der Waals surface area contributed by atoms with E-state index in [-0.39, 0.29) is 5.41 Å². The van der Waals surface area contributed by atoms with Gasteiger partial charge in [-0.15, -0.1) is 22.7 Å². The van der Waals surface area contributed by atoms with Crippen molar-refractivity contribution in [1.29, 1.82) is 0 Å². The third-order valence-electron chi connectivity index (χ3n) is 2.66. The fourth-order valence-corrected chi connectivity index (χ4v) is 3.52. The number of carbonyl (C=O) groups is 1. The van der Waals surface area contributed by atoms with Crippen LogP contribution in [-0.2, 0) is 10.2 Å². The summed E-state index contributed by atoms with van der Waals surface area (Å²) in [5.41, 5.74) is 6.08. The van der Waals surface area contributed by atoms with Gasteiger partial charge < -0.3 is 10.8 Å². The molecule has 0 aliphatic heterocycles. The Bertz CT molecular complexity index is 596. The number of aliphatic carboxylic acids is 1. The summed E-state index contributed by atoms with van der Waals surface area (Å²) >= 11 is 3.11. The third kappa shape index (κ3) is 3.02. The van der Waals surface area contributed by atoms with E-state index < -0.39 is 12.0 Å². The lowest BCUT2D eigenvalue weighted by Crippen LogP contribution is -2.20. The van der Waals surface area contributed by atoms with E-state index in [0.717, 1.165) is 9.88 Å². The maximum atomic E-state index is 10.8. The van der Waals surface area contributed by atoms with Gasteiger partial charge in [-0.1, -0.05) is 20.8 Å². The molecule has 102 valence electrons. The van der Waals surface area contributed by atoms with E-state index in [0.29, 0.717) is 5.69 Å². The topological polar surface area (TPSA) is 76.2 Å². The van der Waals surface area contributed by atoms with Crippen LogP contribution in [0.3, 0.4) is 0 Å². The molecule has 0 bridgehead atoms. The molecule has 1 atom stereocenters. The standard InChI is InChI=1S/C13H16N2O2S2/c1-13(2,3)9-5-4-8(19-9)11-15-7(6-18-11)10(14)12(16)17/h4-6,10H,14H2,1-3H3,(H,16,17). The summed E-state index contributed by atoms with van der Waals surface area (Å²) in [5.74, 6) is -1.06. The van der Waals surface area contributed by atoms with Crippen LogP contribution in [-0.4, -0.2) is 16.1 Å². The summed E-state index contributed by atoms with van der Waals surface area (Å²) in [6, 6.07) is 3.07. The summed E-state index contributed by atoms with van der Waals surface area (Å²) in [6.07, 6.45) is 0. The molecule has 3 N–H and O–H groups in total. The van der Waals surface area contributed by atoms with E-state index in [4.69, 9.17) is 10.8 Å². The molecule has 0 fully saturated rings. The van der Waals surface area contributed by atoms with Crippen molar-refractivity contribution in [3.05, 3.63) is 28.1 Å². The Morgan fingerprint density at radius 3 is 2.63 bits per heavy atom. The van der Waals surface area contributed by atoms with E-state index in [1.54, 1.807) is 16.7 Å². The van der Waals surface area contributed by atoms with Crippen molar-refractivity contribution in [2.24, 2.45) is 5.73 Å². The van der Waals surface area contributed by atoms with Gasteiger partial charge in [-0.2, -0.15) is 0 Å². The quantitative estimate of drug-likeness (QED) is 0.911. The second-order valence-electron chi connectivity index (χ2n) is 5.31. The number of carboxylic acid groups (broad SMARTS) is 1. The molecule has 4 nitrogen and oxygen atoms in total. The molecular formula is C13H16N2O2S2. The van der Waals surface area contributed by atoms with Crippen molar-refractivity contribution >= 4 is 28.6 Å². The lowest BCUT2D eigenvalue weighted by Gasteiger charge is -2.15. The minimum atomic E-state index is -1.06. The zero-order valence-electron chi connectivity index (χ0n) is 11.0. The van der Waals surface area contributed by atoms with Crippen molar-refractivity contribution in [3.63, 3.8) is 0 Å². The Hall–Kier alpha value is -1.24. The summed E-state index contributed by atoms with van der Waals surface area (Å²) in [7, 11) is 0. The molecule has 0 aliphatic rings. The average molecular weight is 296 g/mol. The number of nitrogens with two attached hydrogens (primary N) is 1. The van der Waals surface area contributed by atoms with Gasteiger partial charge in [0, 0.05) is 10.3 Å². The molecule has 19 heavy (non-hydrogen) atoms. The zero-order chi connectivity index (χ0) is 14.2. The van der Waals surface area contributed by atoms with E-state index in [9.17, 15) is 4.79 Å². The summed E-state index contributed by atoms with van der Waals surface area (Å²) in [6.45, 7) is 6.49. The maximum Gasteiger partial charge on any atom is 0.326 e. The minimum absolute atomic E-state index is 0.112. The monoisotopic (exact) mass is 296 g/mol. The molecule has 0 saturated carbocycles. The summed E-state index contributed by atoms with van der Waals surface area (Å²) < 4.78 is 0. The van der Waals surface area contributed by atoms with Gasteiger partial charge >= 0.3 is 5.97 Å². The lowest BCUT2D eigenvalue weighted by atomic mass is 9.95. The highest BCUT2D eigenvalue weighted by molar-refractivity contribution is 7.21. The molecule has 1 unspecified atom stereocenters. The van der Waals surface area contributed by atoms with Crippen LogP contribution in [0.15, 0.2) is 17.5 Å². The highest BCUT2D eigenvalue weighted by Gasteiger charge is 2.20. The van der Waals surface area contributed by atoms with Crippen molar-refractivity contribution in [2.75, 3.05) is 0 Å². The predicted octanol–water partition coefficient (Wildman–Crippen LogP) is 3.25. The number of hydrogen-bond donors (Lipinski definition) is 2. The first-order chi connectivity index (χ1) is 8.79. The van der Waals surface area contributed by atoms with E-state index in [1.165, 1.54) is 16.2 Å². The van der Waals surface area contributed by atoms with Gasteiger partial charge in [0.2, 0.25) is 0 Å². The van der Waals surface area contributed by atoms with Crippen LogP contribution in [0.4, 0.5) is 0 Å². The molecule has 0 aromatic carbocycles. The van der Waals surface area contributed by atoms with Gasteiger partial charge in [-0.05, 0) is 17.5 Å². The van der Waals surface area contributed by atoms with Gasteiger partial charge in [0.05, 0.1) is 10.6 Å². The Morgan fingerprint density at radius 2 is 2.11 bits per heavy atom. The number of aromatic nitrogens is 1. The van der Waals surface area contributed by atoms with Crippen molar-refractivity contribution in [3.8, 4) is 9.88 Å². The zero-order valence-corrected chi connectivity index (χ0v) is 12.6. The average Bonchev–Trinajstić information content (AvgIpc) is 2.95. The second kappa shape index (κ2) is 5.03. The molecule has 0 amide bonds. The molecule has 0 saturated heterocycles. The van der Waals surface area contributed by atoms with Crippen molar-refractivity contribution < 1.29 is 9.90 Å². The van der Waals surface area contributed by atoms with Crippen LogP contribution in [0.5, 0.6) is 0 Å². The number of carboxylic acids is 1. The normalized spacial score (nSPS) is 13.5. The van der Waals surface area contributed by atoms with Crippen LogP contribution in [0.1, 0.15) is 37.4 Å². The number of thiophene rings is 1. The highest BCUT2D eigenvalue weighted by atomic mass is 32.1. The van der Waals surface area contributed by atoms with Gasteiger partial charge in [-0.3, -0.25) is 4.79 Å². The second-order valence-corrected chi connectivity index (χ2v) is 7.25. The predicted molar refractivity (Wildman–Crippen MR) is 78.7 cm³/mol. The molecule has 2 heterocycles. The number of rotatable bonds is 3. The Balaban J connectivity index is 2.28. The Kier molecular flexibility index (Phi) is 3.75. The highest BCUT2D eigenvalue weighted by Crippen LogP contribution is 2.36. The van der Waals surface area contributed by atoms with Gasteiger partial charge in [-0.25, -0.2) is 4.98 Å². The van der Waals surface area contributed by atoms with Crippen LogP contribution in [0, 0.1) is 0 Å². The first-order valence-electron chi connectivity index (χ1n) is 5.83. The van der Waals surface area contributed by atoms with Gasteiger partial charge in [0.1, 0.15) is 11.0 Å². The van der Waals surface area contributed by atoms with Crippen LogP contribution < -0.4 is 5.73 Å². The lowest BCUT2D eigenvalue weighted by molar-refractivity contribution is -0.138. The van der Waals surface area contributed by atoms with E-state index >= 15 is 0 Å². The SMILES string of the molecule is CC(C)(C)c1ccc(-c2nc(C(N)C(=O)O)cs2)s1. The maximum absolute atomic E-state index is 10.8. The van der Waals surface area contributed by atoms with E-state index in [2.05, 4.69) is 31.8 Å². The third-order valence-corrected chi connectivity index (χ3v) is 5.20. The summed E-state index contributed by atoms with van der Waals surface area (Å²) in [4.78, 5) is 17.5. The van der Waals surface area contributed by atoms with Crippen molar-refractivity contribution in [2.45, 2.75) is 32.2 Å². The molecule has 0 radical (unpaired) electrons. The summed E-state index contributed by atoms with van der Waals surface area (Å²) in [5, 5.41) is 11.4.